The molecule has 0 saturated carbocycles. The molecule has 1 heterocycles. The number of rotatable bonds is 4. The number of sulfonamides is 1. The van der Waals surface area contributed by atoms with Gasteiger partial charge < -0.3 is 10.2 Å². The third-order valence-electron chi connectivity index (χ3n) is 2.72. The molecule has 0 bridgehead atoms. The first kappa shape index (κ1) is 14.8. The summed E-state index contributed by atoms with van der Waals surface area (Å²) in [5, 5.41) is 18.0. The van der Waals surface area contributed by atoms with E-state index in [1.165, 1.54) is 12.1 Å². The van der Waals surface area contributed by atoms with Crippen molar-refractivity contribution in [2.24, 2.45) is 0 Å². The molecule has 110 valence electrons. The van der Waals surface area contributed by atoms with Crippen molar-refractivity contribution in [2.75, 3.05) is 4.72 Å². The molecule has 1 aromatic carbocycles. The van der Waals surface area contributed by atoms with E-state index in [0.717, 1.165) is 18.3 Å². The molecule has 0 radical (unpaired) electrons. The Kier molecular flexibility index (Phi) is 3.81. The summed E-state index contributed by atoms with van der Waals surface area (Å²) in [6, 6.07) is 6.58. The SMILES string of the molecule is Cc1ccc(NS(=O)(=O)c2ccc(C(=O)O)cn2)cc1O. The van der Waals surface area contributed by atoms with E-state index in [9.17, 15) is 18.3 Å². The van der Waals surface area contributed by atoms with Crippen LogP contribution in [0.1, 0.15) is 15.9 Å². The fraction of sp³-hybridized carbons (Fsp3) is 0.0769. The molecule has 0 amide bonds. The van der Waals surface area contributed by atoms with Crippen LogP contribution in [0, 0.1) is 6.92 Å². The molecule has 0 spiro atoms. The van der Waals surface area contributed by atoms with Crippen LogP contribution in [0.25, 0.3) is 0 Å². The summed E-state index contributed by atoms with van der Waals surface area (Å²) >= 11 is 0. The standard InChI is InChI=1S/C13H12N2O5S/c1-8-2-4-10(6-11(8)16)15-21(19,20)12-5-3-9(7-14-12)13(17)18/h2-7,15-16H,1H3,(H,17,18). The summed E-state index contributed by atoms with van der Waals surface area (Å²) in [7, 11) is -3.95. The summed E-state index contributed by atoms with van der Waals surface area (Å²) in [4.78, 5) is 14.3. The van der Waals surface area contributed by atoms with E-state index >= 15 is 0 Å². The van der Waals surface area contributed by atoms with Crippen LogP contribution in [0.3, 0.4) is 0 Å². The maximum atomic E-state index is 12.1. The maximum Gasteiger partial charge on any atom is 0.337 e. The lowest BCUT2D eigenvalue weighted by molar-refractivity contribution is 0.0696. The van der Waals surface area contributed by atoms with Crippen molar-refractivity contribution in [1.82, 2.24) is 4.98 Å². The molecule has 8 heteroatoms. The summed E-state index contributed by atoms with van der Waals surface area (Å²) in [5.74, 6) is -1.23. The second-order valence-corrected chi connectivity index (χ2v) is 5.93. The number of carboxylic acid groups (broad SMARTS) is 1. The second kappa shape index (κ2) is 5.41. The third-order valence-corrected chi connectivity index (χ3v) is 4.02. The van der Waals surface area contributed by atoms with E-state index in [0.29, 0.717) is 5.56 Å². The molecule has 0 atom stereocenters. The minimum absolute atomic E-state index is 0.0376. The number of phenolic OH excluding ortho intramolecular Hbond substituents is 1. The van der Waals surface area contributed by atoms with E-state index in [1.807, 2.05) is 0 Å². The van der Waals surface area contributed by atoms with Gasteiger partial charge in [0.2, 0.25) is 0 Å². The second-order valence-electron chi connectivity index (χ2n) is 4.30. The van der Waals surface area contributed by atoms with Crippen LogP contribution >= 0.6 is 0 Å². The van der Waals surface area contributed by atoms with Crippen molar-refractivity contribution in [3.05, 3.63) is 47.7 Å². The normalized spacial score (nSPS) is 11.1. The number of aromatic hydroxyl groups is 1. The molecule has 7 nitrogen and oxygen atoms in total. The van der Waals surface area contributed by atoms with Crippen molar-refractivity contribution in [1.29, 1.82) is 0 Å². The third kappa shape index (κ3) is 3.29. The largest absolute Gasteiger partial charge is 0.508 e. The van der Waals surface area contributed by atoms with Crippen molar-refractivity contribution in [3.63, 3.8) is 0 Å². The first-order valence-corrected chi connectivity index (χ1v) is 7.30. The zero-order valence-corrected chi connectivity index (χ0v) is 11.8. The Labute approximate surface area is 120 Å². The molecule has 0 unspecified atom stereocenters. The van der Waals surface area contributed by atoms with Crippen LogP contribution in [-0.4, -0.2) is 29.6 Å². The first-order valence-electron chi connectivity index (χ1n) is 5.81. The van der Waals surface area contributed by atoms with Crippen molar-refractivity contribution in [3.8, 4) is 5.75 Å². The van der Waals surface area contributed by atoms with Crippen LogP contribution in [0.2, 0.25) is 0 Å². The van der Waals surface area contributed by atoms with Crippen molar-refractivity contribution >= 4 is 21.7 Å². The van der Waals surface area contributed by atoms with E-state index < -0.39 is 16.0 Å². The van der Waals surface area contributed by atoms with Gasteiger partial charge in [-0.05, 0) is 30.7 Å². The number of carbonyl (C=O) groups is 1. The quantitative estimate of drug-likeness (QED) is 0.789. The fourth-order valence-corrected chi connectivity index (χ4v) is 2.53. The van der Waals surface area contributed by atoms with Gasteiger partial charge in [0.15, 0.2) is 5.03 Å². The van der Waals surface area contributed by atoms with Gasteiger partial charge >= 0.3 is 5.97 Å². The Hall–Kier alpha value is -2.61. The Morgan fingerprint density at radius 1 is 1.24 bits per heavy atom. The predicted octanol–water partition coefficient (Wildman–Crippen LogP) is 1.59. The molecule has 0 aliphatic carbocycles. The van der Waals surface area contributed by atoms with E-state index in [4.69, 9.17) is 5.11 Å². The average Bonchev–Trinajstić information content (AvgIpc) is 2.43. The molecule has 0 aliphatic heterocycles. The van der Waals surface area contributed by atoms with Gasteiger partial charge in [-0.1, -0.05) is 6.07 Å². The number of carboxylic acids is 1. The zero-order valence-electron chi connectivity index (χ0n) is 10.9. The van der Waals surface area contributed by atoms with Crippen LogP contribution in [-0.2, 0) is 10.0 Å². The van der Waals surface area contributed by atoms with E-state index in [2.05, 4.69) is 9.71 Å². The summed E-state index contributed by atoms with van der Waals surface area (Å²) in [5.41, 5.74) is 0.686. The Balaban J connectivity index is 2.29. The number of benzene rings is 1. The smallest absolute Gasteiger partial charge is 0.337 e. The Bertz CT molecular complexity index is 785. The van der Waals surface area contributed by atoms with Crippen LogP contribution in [0.5, 0.6) is 5.75 Å². The van der Waals surface area contributed by atoms with Gasteiger partial charge in [-0.15, -0.1) is 0 Å². The molecule has 0 fully saturated rings. The average molecular weight is 308 g/mol. The Morgan fingerprint density at radius 2 is 1.95 bits per heavy atom. The molecular weight excluding hydrogens is 296 g/mol. The maximum absolute atomic E-state index is 12.1. The lowest BCUT2D eigenvalue weighted by atomic mass is 10.2. The van der Waals surface area contributed by atoms with Crippen LogP contribution in [0.15, 0.2) is 41.6 Å². The minimum atomic E-state index is -3.95. The number of nitrogens with zero attached hydrogens (tertiary/aromatic N) is 1. The number of pyridine rings is 1. The highest BCUT2D eigenvalue weighted by atomic mass is 32.2. The highest BCUT2D eigenvalue weighted by Gasteiger charge is 2.17. The van der Waals surface area contributed by atoms with E-state index in [1.54, 1.807) is 13.0 Å². The topological polar surface area (TPSA) is 117 Å². The number of hydrogen-bond donors (Lipinski definition) is 3. The van der Waals surface area contributed by atoms with Crippen LogP contribution < -0.4 is 4.72 Å². The van der Waals surface area contributed by atoms with Crippen molar-refractivity contribution in [2.45, 2.75) is 11.9 Å². The monoisotopic (exact) mass is 308 g/mol. The molecule has 3 N–H and O–H groups in total. The van der Waals surface area contributed by atoms with Gasteiger partial charge in [0.05, 0.1) is 11.3 Å². The number of nitrogens with one attached hydrogen (secondary N) is 1. The van der Waals surface area contributed by atoms with Gasteiger partial charge in [0, 0.05) is 12.3 Å². The molecule has 2 rings (SSSR count). The number of anilines is 1. The number of aromatic carboxylic acids is 1. The number of aromatic nitrogens is 1. The molecular formula is C13H12N2O5S. The molecule has 21 heavy (non-hydrogen) atoms. The first-order chi connectivity index (χ1) is 9.79. The zero-order chi connectivity index (χ0) is 15.6. The highest BCUT2D eigenvalue weighted by Crippen LogP contribution is 2.22. The van der Waals surface area contributed by atoms with Gasteiger partial charge in [-0.3, -0.25) is 4.72 Å². The number of aryl methyl sites for hydroxylation is 1. The van der Waals surface area contributed by atoms with Gasteiger partial charge in [0.1, 0.15) is 5.75 Å². The molecule has 2 aromatic rings. The van der Waals surface area contributed by atoms with E-state index in [-0.39, 0.29) is 22.0 Å². The predicted molar refractivity (Wildman–Crippen MR) is 74.8 cm³/mol. The Morgan fingerprint density at radius 3 is 2.48 bits per heavy atom. The van der Waals surface area contributed by atoms with Crippen molar-refractivity contribution < 1.29 is 23.4 Å². The number of phenols is 1. The number of hydrogen-bond acceptors (Lipinski definition) is 5. The summed E-state index contributed by atoms with van der Waals surface area (Å²) < 4.78 is 26.4. The highest BCUT2D eigenvalue weighted by molar-refractivity contribution is 7.92. The lowest BCUT2D eigenvalue weighted by Gasteiger charge is -2.08. The minimum Gasteiger partial charge on any atom is -0.508 e. The van der Waals surface area contributed by atoms with Gasteiger partial charge in [-0.25, -0.2) is 9.78 Å². The summed E-state index contributed by atoms with van der Waals surface area (Å²) in [6.07, 6.45) is 0.962. The molecule has 0 saturated heterocycles. The van der Waals surface area contributed by atoms with Gasteiger partial charge in [-0.2, -0.15) is 8.42 Å². The van der Waals surface area contributed by atoms with Gasteiger partial charge in [0.25, 0.3) is 10.0 Å². The lowest BCUT2D eigenvalue weighted by Crippen LogP contribution is -2.14. The van der Waals surface area contributed by atoms with Crippen LogP contribution in [0.4, 0.5) is 5.69 Å². The summed E-state index contributed by atoms with van der Waals surface area (Å²) in [6.45, 7) is 1.68. The molecule has 1 aromatic heterocycles. The molecule has 0 aliphatic rings. The fourth-order valence-electron chi connectivity index (χ4n) is 1.55.